The van der Waals surface area contributed by atoms with E-state index in [1.54, 1.807) is 6.20 Å². The van der Waals surface area contributed by atoms with Gasteiger partial charge < -0.3 is 14.0 Å². The normalized spacial score (nSPS) is 11.3. The minimum Gasteiger partial charge on any atom is -0.501 e. The molecule has 0 aliphatic rings. The molecule has 0 amide bonds. The maximum atomic E-state index is 6.30. The van der Waals surface area contributed by atoms with Crippen LogP contribution in [0.1, 0.15) is 26.5 Å². The van der Waals surface area contributed by atoms with Crippen molar-refractivity contribution in [2.45, 2.75) is 26.2 Å². The number of fused-ring (bicyclic) bond motifs is 4. The van der Waals surface area contributed by atoms with Crippen molar-refractivity contribution in [3.63, 3.8) is 0 Å². The second kappa shape index (κ2) is 12.6. The molecule has 6 heteroatoms. The zero-order valence-corrected chi connectivity index (χ0v) is 27.5. The second-order valence-corrected chi connectivity index (χ2v) is 11.6. The first-order valence-electron chi connectivity index (χ1n) is 14.6. The summed E-state index contributed by atoms with van der Waals surface area (Å²) in [5, 5.41) is 2.15. The van der Waals surface area contributed by atoms with Gasteiger partial charge in [0.25, 0.3) is 0 Å². The summed E-state index contributed by atoms with van der Waals surface area (Å²) in [7, 11) is 0. The van der Waals surface area contributed by atoms with Gasteiger partial charge in [-0.2, -0.15) is 0 Å². The molecule has 4 aromatic heterocycles. The molecule has 4 heterocycles. The molecule has 45 heavy (non-hydrogen) atoms. The number of para-hydroxylation sites is 2. The molecule has 0 saturated heterocycles. The fourth-order valence-corrected chi connectivity index (χ4v) is 5.32. The van der Waals surface area contributed by atoms with Crippen LogP contribution in [-0.2, 0) is 25.5 Å². The Hall–Kier alpha value is -4.90. The zero-order valence-electron chi connectivity index (χ0n) is 25.2. The molecule has 1 radical (unpaired) electrons. The van der Waals surface area contributed by atoms with E-state index in [9.17, 15) is 0 Å². The van der Waals surface area contributed by atoms with E-state index in [1.165, 1.54) is 0 Å². The van der Waals surface area contributed by atoms with E-state index >= 15 is 0 Å². The van der Waals surface area contributed by atoms with E-state index in [0.717, 1.165) is 67.1 Å². The summed E-state index contributed by atoms with van der Waals surface area (Å²) in [6, 6.07) is 46.8. The summed E-state index contributed by atoms with van der Waals surface area (Å²) in [6.07, 6.45) is 1.79. The van der Waals surface area contributed by atoms with Crippen molar-refractivity contribution < 1.29 is 24.5 Å². The van der Waals surface area contributed by atoms with Crippen LogP contribution in [0.2, 0.25) is 0 Å². The molecule has 0 bridgehead atoms. The third-order valence-corrected chi connectivity index (χ3v) is 7.51. The van der Waals surface area contributed by atoms with Crippen molar-refractivity contribution >= 4 is 33.1 Å². The van der Waals surface area contributed by atoms with Crippen LogP contribution in [0.15, 0.2) is 132 Å². The van der Waals surface area contributed by atoms with E-state index in [2.05, 4.69) is 78.9 Å². The standard InChI is InChI=1S/C28H22N3O.C11H8N.Ir/c1-28(2,3)24-17-16-22-26(29-24)30-27(31(22)18-10-5-4-6-11-18)21-14-9-13-20-19-12-7-8-15-23(19)32-25(20)21;1-2-6-10(7-3-1)11-8-4-5-9-12-11;/h4-13,15-17H,1-3H3;1-6,8-9H;/q2*-1;. The van der Waals surface area contributed by atoms with E-state index < -0.39 is 0 Å². The molecule has 0 saturated carbocycles. The fourth-order valence-electron chi connectivity index (χ4n) is 5.32. The van der Waals surface area contributed by atoms with Gasteiger partial charge in [0.05, 0.1) is 16.9 Å². The number of pyridine rings is 2. The van der Waals surface area contributed by atoms with Gasteiger partial charge in [-0.1, -0.05) is 80.3 Å². The first-order valence-corrected chi connectivity index (χ1v) is 14.6. The minimum absolute atomic E-state index is 0. The van der Waals surface area contributed by atoms with Gasteiger partial charge >= 0.3 is 0 Å². The smallest absolute Gasteiger partial charge is 0.168 e. The van der Waals surface area contributed by atoms with Crippen LogP contribution in [0, 0.1) is 12.1 Å². The Morgan fingerprint density at radius 3 is 2.22 bits per heavy atom. The van der Waals surface area contributed by atoms with Gasteiger partial charge in [-0.3, -0.25) is 4.98 Å². The number of rotatable bonds is 3. The Bertz CT molecular complexity index is 2160. The first kappa shape index (κ1) is 30.1. The molecule has 8 rings (SSSR count). The monoisotopic (exact) mass is 763 g/mol. The molecule has 8 aromatic rings. The summed E-state index contributed by atoms with van der Waals surface area (Å²) in [5.41, 5.74) is 8.15. The summed E-state index contributed by atoms with van der Waals surface area (Å²) in [4.78, 5) is 14.2. The summed E-state index contributed by atoms with van der Waals surface area (Å²) >= 11 is 0. The third-order valence-electron chi connectivity index (χ3n) is 7.51. The molecular formula is C39H30IrN4O-2. The SMILES string of the molecule is CC(C)(C)c1ccc2c(n1)nc(-c1[c-]ccc3c1oc1ccccc13)n2-c1ccccc1.[Ir].[c-]1ccccc1-c1ccccn1. The Morgan fingerprint density at radius 2 is 1.47 bits per heavy atom. The molecule has 0 aliphatic heterocycles. The molecule has 0 unspecified atom stereocenters. The maximum Gasteiger partial charge on any atom is 0.168 e. The molecule has 4 aromatic carbocycles. The zero-order chi connectivity index (χ0) is 30.1. The van der Waals surface area contributed by atoms with Crippen LogP contribution in [0.4, 0.5) is 0 Å². The van der Waals surface area contributed by atoms with E-state index in [-0.39, 0.29) is 25.5 Å². The number of hydrogen-bond acceptors (Lipinski definition) is 4. The van der Waals surface area contributed by atoms with Crippen molar-refractivity contribution in [1.82, 2.24) is 19.5 Å². The van der Waals surface area contributed by atoms with Gasteiger partial charge in [0.1, 0.15) is 5.58 Å². The molecule has 223 valence electrons. The van der Waals surface area contributed by atoms with E-state index in [4.69, 9.17) is 14.4 Å². The van der Waals surface area contributed by atoms with Gasteiger partial charge in [-0.25, -0.2) is 4.98 Å². The molecule has 5 nitrogen and oxygen atoms in total. The Morgan fingerprint density at radius 1 is 0.689 bits per heavy atom. The van der Waals surface area contributed by atoms with Crippen LogP contribution in [0.5, 0.6) is 0 Å². The molecular weight excluding hydrogens is 733 g/mol. The maximum absolute atomic E-state index is 6.30. The van der Waals surface area contributed by atoms with Crippen molar-refractivity contribution in [1.29, 1.82) is 0 Å². The largest absolute Gasteiger partial charge is 0.501 e. The van der Waals surface area contributed by atoms with Gasteiger partial charge in [0, 0.05) is 48.5 Å². The van der Waals surface area contributed by atoms with E-state index in [1.807, 2.05) is 84.9 Å². The third kappa shape index (κ3) is 5.95. The van der Waals surface area contributed by atoms with Crippen molar-refractivity contribution in [3.05, 3.63) is 145 Å². The summed E-state index contributed by atoms with van der Waals surface area (Å²) < 4.78 is 8.44. The number of hydrogen-bond donors (Lipinski definition) is 0. The first-order chi connectivity index (χ1) is 21.5. The number of nitrogens with zero attached hydrogens (tertiary/aromatic N) is 4. The second-order valence-electron chi connectivity index (χ2n) is 11.6. The summed E-state index contributed by atoms with van der Waals surface area (Å²) in [6.45, 7) is 6.50. The molecule has 0 N–H and O–H groups in total. The number of aromatic nitrogens is 4. The van der Waals surface area contributed by atoms with Gasteiger partial charge in [0.2, 0.25) is 0 Å². The Kier molecular flexibility index (Phi) is 8.44. The average molecular weight is 763 g/mol. The van der Waals surface area contributed by atoms with Crippen LogP contribution in [-0.4, -0.2) is 19.5 Å². The Labute approximate surface area is 276 Å². The predicted molar refractivity (Wildman–Crippen MR) is 178 cm³/mol. The molecule has 0 atom stereocenters. The molecule has 0 aliphatic carbocycles. The van der Waals surface area contributed by atoms with Crippen LogP contribution >= 0.6 is 0 Å². The van der Waals surface area contributed by atoms with Gasteiger partial charge in [0.15, 0.2) is 5.65 Å². The molecule has 0 spiro atoms. The van der Waals surface area contributed by atoms with Gasteiger partial charge in [-0.05, 0) is 42.1 Å². The predicted octanol–water partition coefficient (Wildman–Crippen LogP) is 9.63. The van der Waals surface area contributed by atoms with Crippen molar-refractivity contribution in [3.8, 4) is 28.3 Å². The van der Waals surface area contributed by atoms with Crippen LogP contribution < -0.4 is 0 Å². The topological polar surface area (TPSA) is 56.7 Å². The summed E-state index contributed by atoms with van der Waals surface area (Å²) in [5.74, 6) is 0.773. The van der Waals surface area contributed by atoms with Crippen molar-refractivity contribution in [2.24, 2.45) is 0 Å². The minimum atomic E-state index is -0.0598. The fraction of sp³-hybridized carbons (Fsp3) is 0.103. The van der Waals surface area contributed by atoms with Gasteiger partial charge in [-0.15, -0.1) is 54.1 Å². The van der Waals surface area contributed by atoms with E-state index in [0.29, 0.717) is 0 Å². The molecule has 0 fully saturated rings. The number of benzene rings is 4. The van der Waals surface area contributed by atoms with Crippen LogP contribution in [0.3, 0.4) is 0 Å². The van der Waals surface area contributed by atoms with Crippen molar-refractivity contribution in [2.75, 3.05) is 0 Å². The number of furan rings is 1. The average Bonchev–Trinajstić information content (AvgIpc) is 3.64. The van der Waals surface area contributed by atoms with Crippen LogP contribution in [0.25, 0.3) is 61.4 Å². The quantitative estimate of drug-likeness (QED) is 0.168. The Balaban J connectivity index is 0.000000231. The number of imidazole rings is 1.